The SMILES string of the molecule is C[C@H]1C[C@@H](C(=O)NCC(CO)c2ccccc2)CCN1. The smallest absolute Gasteiger partial charge is 0.223 e. The third-order valence-corrected chi connectivity index (χ3v) is 4.01. The Bertz CT molecular complexity index is 422. The van der Waals surface area contributed by atoms with Crippen LogP contribution in [0.25, 0.3) is 0 Å². The molecule has 0 radical (unpaired) electrons. The van der Waals surface area contributed by atoms with Crippen LogP contribution in [0, 0.1) is 5.92 Å². The van der Waals surface area contributed by atoms with E-state index in [1.54, 1.807) is 0 Å². The summed E-state index contributed by atoms with van der Waals surface area (Å²) in [7, 11) is 0. The van der Waals surface area contributed by atoms with Gasteiger partial charge in [-0.1, -0.05) is 30.3 Å². The summed E-state index contributed by atoms with van der Waals surface area (Å²) in [6.07, 6.45) is 1.78. The normalized spacial score (nSPS) is 24.1. The Labute approximate surface area is 120 Å². The Balaban J connectivity index is 1.85. The second kappa shape index (κ2) is 7.41. The molecule has 1 unspecified atom stereocenters. The summed E-state index contributed by atoms with van der Waals surface area (Å²) < 4.78 is 0. The maximum atomic E-state index is 12.2. The van der Waals surface area contributed by atoms with Crippen molar-refractivity contribution in [1.29, 1.82) is 0 Å². The number of nitrogens with one attached hydrogen (secondary N) is 2. The van der Waals surface area contributed by atoms with Gasteiger partial charge in [0.15, 0.2) is 0 Å². The van der Waals surface area contributed by atoms with Crippen LogP contribution in [0.15, 0.2) is 30.3 Å². The second-order valence-electron chi connectivity index (χ2n) is 5.61. The molecular weight excluding hydrogens is 252 g/mol. The van der Waals surface area contributed by atoms with Crippen molar-refractivity contribution >= 4 is 5.91 Å². The summed E-state index contributed by atoms with van der Waals surface area (Å²) >= 11 is 0. The number of aliphatic hydroxyl groups is 1. The molecule has 1 heterocycles. The number of rotatable bonds is 5. The van der Waals surface area contributed by atoms with Crippen molar-refractivity contribution in [1.82, 2.24) is 10.6 Å². The quantitative estimate of drug-likeness (QED) is 0.759. The van der Waals surface area contributed by atoms with Crippen molar-refractivity contribution in [3.8, 4) is 0 Å². The van der Waals surface area contributed by atoms with Gasteiger partial charge in [-0.15, -0.1) is 0 Å². The van der Waals surface area contributed by atoms with Crippen LogP contribution in [-0.4, -0.2) is 36.8 Å². The van der Waals surface area contributed by atoms with E-state index in [1.807, 2.05) is 30.3 Å². The van der Waals surface area contributed by atoms with Gasteiger partial charge in [-0.25, -0.2) is 0 Å². The summed E-state index contributed by atoms with van der Waals surface area (Å²) in [5.41, 5.74) is 1.06. The molecule has 0 bridgehead atoms. The molecule has 1 aromatic carbocycles. The third kappa shape index (κ3) is 4.05. The van der Waals surface area contributed by atoms with Crippen molar-refractivity contribution < 1.29 is 9.90 Å². The predicted molar refractivity (Wildman–Crippen MR) is 79.5 cm³/mol. The molecule has 4 heteroatoms. The molecule has 1 fully saturated rings. The molecule has 110 valence electrons. The number of aliphatic hydroxyl groups excluding tert-OH is 1. The summed E-state index contributed by atoms with van der Waals surface area (Å²) in [5, 5.41) is 15.8. The zero-order valence-electron chi connectivity index (χ0n) is 12.0. The van der Waals surface area contributed by atoms with E-state index in [9.17, 15) is 9.90 Å². The molecule has 0 aliphatic carbocycles. The number of carbonyl (C=O) groups is 1. The maximum absolute atomic E-state index is 12.2. The lowest BCUT2D eigenvalue weighted by Crippen LogP contribution is -2.43. The number of amides is 1. The van der Waals surface area contributed by atoms with Gasteiger partial charge in [0, 0.05) is 24.4 Å². The van der Waals surface area contributed by atoms with Crippen LogP contribution < -0.4 is 10.6 Å². The minimum absolute atomic E-state index is 0.0284. The molecule has 1 aliphatic heterocycles. The Kier molecular flexibility index (Phi) is 5.56. The summed E-state index contributed by atoms with van der Waals surface area (Å²) in [6.45, 7) is 3.56. The largest absolute Gasteiger partial charge is 0.396 e. The molecule has 3 N–H and O–H groups in total. The third-order valence-electron chi connectivity index (χ3n) is 4.01. The molecular formula is C16H24N2O2. The van der Waals surface area contributed by atoms with Crippen LogP contribution in [-0.2, 0) is 4.79 Å². The lowest BCUT2D eigenvalue weighted by atomic mass is 9.92. The average molecular weight is 276 g/mol. The van der Waals surface area contributed by atoms with Crippen molar-refractivity contribution in [2.75, 3.05) is 19.7 Å². The Hall–Kier alpha value is -1.39. The first-order chi connectivity index (χ1) is 9.70. The number of hydrogen-bond acceptors (Lipinski definition) is 3. The van der Waals surface area contributed by atoms with Gasteiger partial charge < -0.3 is 15.7 Å². The fourth-order valence-corrected chi connectivity index (χ4v) is 2.75. The van der Waals surface area contributed by atoms with Gasteiger partial charge in [0.25, 0.3) is 0 Å². The van der Waals surface area contributed by atoms with Crippen LogP contribution in [0.5, 0.6) is 0 Å². The minimum atomic E-state index is -0.0284. The van der Waals surface area contributed by atoms with E-state index in [0.717, 1.165) is 24.9 Å². The van der Waals surface area contributed by atoms with Crippen LogP contribution in [0.3, 0.4) is 0 Å². The van der Waals surface area contributed by atoms with E-state index >= 15 is 0 Å². The van der Waals surface area contributed by atoms with Crippen LogP contribution in [0.2, 0.25) is 0 Å². The highest BCUT2D eigenvalue weighted by molar-refractivity contribution is 5.78. The highest BCUT2D eigenvalue weighted by Gasteiger charge is 2.25. The van der Waals surface area contributed by atoms with Gasteiger partial charge >= 0.3 is 0 Å². The summed E-state index contributed by atoms with van der Waals surface area (Å²) in [5.74, 6) is 0.188. The van der Waals surface area contributed by atoms with Gasteiger partial charge in [0.05, 0.1) is 6.61 Å². The Morgan fingerprint density at radius 2 is 2.20 bits per heavy atom. The highest BCUT2D eigenvalue weighted by Crippen LogP contribution is 2.17. The van der Waals surface area contributed by atoms with E-state index in [-0.39, 0.29) is 24.3 Å². The fraction of sp³-hybridized carbons (Fsp3) is 0.562. The van der Waals surface area contributed by atoms with Gasteiger partial charge in [-0.2, -0.15) is 0 Å². The van der Waals surface area contributed by atoms with Crippen molar-refractivity contribution in [3.05, 3.63) is 35.9 Å². The molecule has 4 nitrogen and oxygen atoms in total. The number of carbonyl (C=O) groups excluding carboxylic acids is 1. The molecule has 1 amide bonds. The maximum Gasteiger partial charge on any atom is 0.223 e. The molecule has 0 saturated carbocycles. The zero-order valence-corrected chi connectivity index (χ0v) is 12.0. The monoisotopic (exact) mass is 276 g/mol. The lowest BCUT2D eigenvalue weighted by Gasteiger charge is -2.27. The first kappa shape index (κ1) is 15.0. The minimum Gasteiger partial charge on any atom is -0.396 e. The summed E-state index contributed by atoms with van der Waals surface area (Å²) in [6, 6.07) is 10.2. The Morgan fingerprint density at radius 3 is 2.85 bits per heavy atom. The first-order valence-corrected chi connectivity index (χ1v) is 7.37. The van der Waals surface area contributed by atoms with Crippen molar-refractivity contribution in [2.45, 2.75) is 31.7 Å². The Morgan fingerprint density at radius 1 is 1.45 bits per heavy atom. The van der Waals surface area contributed by atoms with Gasteiger partial charge in [0.2, 0.25) is 5.91 Å². The number of piperidine rings is 1. The van der Waals surface area contributed by atoms with E-state index in [0.29, 0.717) is 12.6 Å². The summed E-state index contributed by atoms with van der Waals surface area (Å²) in [4.78, 5) is 12.2. The first-order valence-electron chi connectivity index (χ1n) is 7.37. The lowest BCUT2D eigenvalue weighted by molar-refractivity contribution is -0.126. The molecule has 1 aliphatic rings. The number of hydrogen-bond donors (Lipinski definition) is 3. The van der Waals surface area contributed by atoms with Crippen molar-refractivity contribution in [2.24, 2.45) is 5.92 Å². The molecule has 3 atom stereocenters. The van der Waals surface area contributed by atoms with Crippen molar-refractivity contribution in [3.63, 3.8) is 0 Å². The van der Waals surface area contributed by atoms with E-state index in [2.05, 4.69) is 17.6 Å². The molecule has 1 aromatic rings. The molecule has 0 spiro atoms. The van der Waals surface area contributed by atoms with Crippen LogP contribution >= 0.6 is 0 Å². The van der Waals surface area contributed by atoms with Gasteiger partial charge in [-0.3, -0.25) is 4.79 Å². The van der Waals surface area contributed by atoms with Crippen LogP contribution in [0.4, 0.5) is 0 Å². The number of benzene rings is 1. The average Bonchev–Trinajstić information content (AvgIpc) is 2.49. The fourth-order valence-electron chi connectivity index (χ4n) is 2.75. The highest BCUT2D eigenvalue weighted by atomic mass is 16.3. The molecule has 0 aromatic heterocycles. The van der Waals surface area contributed by atoms with E-state index < -0.39 is 0 Å². The van der Waals surface area contributed by atoms with Crippen LogP contribution in [0.1, 0.15) is 31.2 Å². The topological polar surface area (TPSA) is 61.4 Å². The van der Waals surface area contributed by atoms with Gasteiger partial charge in [0.1, 0.15) is 0 Å². The zero-order chi connectivity index (χ0) is 14.4. The standard InChI is InChI=1S/C16H24N2O2/c1-12-9-14(7-8-17-12)16(20)18-10-15(11-19)13-5-3-2-4-6-13/h2-6,12,14-15,17,19H,7-11H2,1H3,(H,18,20)/t12-,14-,15?/m0/s1. The van der Waals surface area contributed by atoms with E-state index in [4.69, 9.17) is 0 Å². The molecule has 2 rings (SSSR count). The van der Waals surface area contributed by atoms with Gasteiger partial charge in [-0.05, 0) is 31.9 Å². The molecule has 20 heavy (non-hydrogen) atoms. The second-order valence-corrected chi connectivity index (χ2v) is 5.61. The van der Waals surface area contributed by atoms with E-state index in [1.165, 1.54) is 0 Å². The predicted octanol–water partition coefficient (Wildman–Crippen LogP) is 1.27. The molecule has 1 saturated heterocycles.